The van der Waals surface area contributed by atoms with Crippen LogP contribution in [0.4, 0.5) is 0 Å². The number of amides is 2. The molecule has 0 aromatic heterocycles. The minimum Gasteiger partial charge on any atom is -0.341 e. The summed E-state index contributed by atoms with van der Waals surface area (Å²) in [6.07, 6.45) is 5.28. The van der Waals surface area contributed by atoms with Gasteiger partial charge in [0.25, 0.3) is 5.91 Å². The summed E-state index contributed by atoms with van der Waals surface area (Å²) in [6.45, 7) is 7.04. The molecule has 4 rings (SSSR count). The average molecular weight is 406 g/mol. The van der Waals surface area contributed by atoms with Crippen LogP contribution in [0.15, 0.2) is 18.2 Å². The Morgan fingerprint density at radius 2 is 1.61 bits per heavy atom. The van der Waals surface area contributed by atoms with Gasteiger partial charge in [-0.1, -0.05) is 17.2 Å². The third-order valence-corrected chi connectivity index (χ3v) is 6.36. The number of fused-ring (bicyclic) bond motifs is 2. The number of nitrogens with one attached hydrogen (secondary N) is 1. The first-order valence-corrected chi connectivity index (χ1v) is 10.4. The number of benzene rings is 1. The third-order valence-electron chi connectivity index (χ3n) is 6.36. The summed E-state index contributed by atoms with van der Waals surface area (Å²) in [4.78, 5) is 30.1. The smallest absolute Gasteiger partial charge is 0.253 e. The number of aryl methyl sites for hydroxylation is 2. The molecule has 2 bridgehead atoms. The number of piperidine rings is 1. The van der Waals surface area contributed by atoms with Crippen LogP contribution in [0, 0.1) is 19.8 Å². The summed E-state index contributed by atoms with van der Waals surface area (Å²) in [5.41, 5.74) is 2.96. The van der Waals surface area contributed by atoms with Gasteiger partial charge in [-0.15, -0.1) is 12.4 Å². The highest BCUT2D eigenvalue weighted by molar-refractivity contribution is 5.95. The van der Waals surface area contributed by atoms with Gasteiger partial charge in [-0.3, -0.25) is 9.59 Å². The molecule has 6 heteroatoms. The van der Waals surface area contributed by atoms with E-state index >= 15 is 0 Å². The maximum atomic E-state index is 13.2. The summed E-state index contributed by atoms with van der Waals surface area (Å²) in [5.74, 6) is 0.267. The molecule has 1 N–H and O–H groups in total. The van der Waals surface area contributed by atoms with Crippen molar-refractivity contribution in [1.29, 1.82) is 0 Å². The summed E-state index contributed by atoms with van der Waals surface area (Å²) in [7, 11) is 0. The van der Waals surface area contributed by atoms with Crippen LogP contribution >= 0.6 is 12.4 Å². The first kappa shape index (κ1) is 21.1. The molecule has 1 aromatic carbocycles. The van der Waals surface area contributed by atoms with Gasteiger partial charge in [0.15, 0.2) is 0 Å². The highest BCUT2D eigenvalue weighted by Gasteiger charge is 2.36. The third kappa shape index (κ3) is 4.52. The second kappa shape index (κ2) is 8.83. The van der Waals surface area contributed by atoms with Crippen molar-refractivity contribution in [2.75, 3.05) is 26.2 Å². The number of likely N-dealkylation sites (tertiary alicyclic amines) is 2. The van der Waals surface area contributed by atoms with Gasteiger partial charge in [-0.25, -0.2) is 0 Å². The van der Waals surface area contributed by atoms with E-state index in [1.807, 2.05) is 30.9 Å². The highest BCUT2D eigenvalue weighted by atomic mass is 35.5. The number of carbonyl (C=O) groups excluding carboxylic acids is 2. The normalized spacial score (nSPS) is 27.1. The minimum atomic E-state index is -0.0507. The second-order valence-electron chi connectivity index (χ2n) is 8.68. The second-order valence-corrected chi connectivity index (χ2v) is 8.68. The van der Waals surface area contributed by atoms with E-state index in [4.69, 9.17) is 0 Å². The van der Waals surface area contributed by atoms with E-state index < -0.39 is 0 Å². The molecule has 1 aromatic rings. The molecule has 3 fully saturated rings. The molecule has 0 radical (unpaired) electrons. The molecule has 3 atom stereocenters. The van der Waals surface area contributed by atoms with Crippen LogP contribution in [-0.4, -0.2) is 59.9 Å². The lowest BCUT2D eigenvalue weighted by Gasteiger charge is -2.35. The topological polar surface area (TPSA) is 52.7 Å². The molecule has 3 unspecified atom stereocenters. The van der Waals surface area contributed by atoms with E-state index in [-0.39, 0.29) is 30.1 Å². The molecule has 3 saturated heterocycles. The van der Waals surface area contributed by atoms with E-state index in [1.54, 1.807) is 0 Å². The Kier molecular flexibility index (Phi) is 6.66. The quantitative estimate of drug-likeness (QED) is 0.823. The van der Waals surface area contributed by atoms with Crippen molar-refractivity contribution in [2.45, 2.75) is 58.0 Å². The molecule has 154 valence electrons. The number of halogens is 1. The maximum Gasteiger partial charge on any atom is 0.253 e. The van der Waals surface area contributed by atoms with Gasteiger partial charge >= 0.3 is 0 Å². The van der Waals surface area contributed by atoms with Gasteiger partial charge in [0.05, 0.1) is 5.92 Å². The Morgan fingerprint density at radius 3 is 2.36 bits per heavy atom. The fourth-order valence-corrected chi connectivity index (χ4v) is 5.05. The monoisotopic (exact) mass is 405 g/mol. The highest BCUT2D eigenvalue weighted by Crippen LogP contribution is 2.25. The van der Waals surface area contributed by atoms with Crippen molar-refractivity contribution >= 4 is 24.2 Å². The maximum absolute atomic E-state index is 13.2. The number of rotatable bonds is 2. The minimum absolute atomic E-state index is 0. The Morgan fingerprint density at radius 1 is 0.893 bits per heavy atom. The number of hydrogen-bond donors (Lipinski definition) is 1. The van der Waals surface area contributed by atoms with Crippen LogP contribution in [0.1, 0.15) is 53.6 Å². The molecule has 0 saturated carbocycles. The molecule has 3 aliphatic rings. The molecule has 3 heterocycles. The fraction of sp³-hybridized carbons (Fsp3) is 0.636. The average Bonchev–Trinajstić information content (AvgIpc) is 2.98. The van der Waals surface area contributed by atoms with Crippen LogP contribution in [0.5, 0.6) is 0 Å². The summed E-state index contributed by atoms with van der Waals surface area (Å²) < 4.78 is 0. The molecule has 0 aliphatic carbocycles. The lowest BCUT2D eigenvalue weighted by atomic mass is 9.94. The molecule has 0 spiro atoms. The predicted octanol–water partition coefficient (Wildman–Crippen LogP) is 2.93. The van der Waals surface area contributed by atoms with Gasteiger partial charge in [0.1, 0.15) is 0 Å². The van der Waals surface area contributed by atoms with E-state index in [2.05, 4.69) is 16.3 Å². The lowest BCUT2D eigenvalue weighted by Crippen LogP contribution is -2.48. The Labute approximate surface area is 174 Å². The van der Waals surface area contributed by atoms with Crippen molar-refractivity contribution in [3.8, 4) is 0 Å². The number of hydrogen-bond acceptors (Lipinski definition) is 3. The van der Waals surface area contributed by atoms with Crippen LogP contribution in [0.25, 0.3) is 0 Å². The zero-order valence-electron chi connectivity index (χ0n) is 16.9. The Bertz CT molecular complexity index is 718. The molecule has 28 heavy (non-hydrogen) atoms. The van der Waals surface area contributed by atoms with Crippen LogP contribution in [0.3, 0.4) is 0 Å². The molecule has 3 aliphatic heterocycles. The van der Waals surface area contributed by atoms with E-state index in [9.17, 15) is 9.59 Å². The van der Waals surface area contributed by atoms with Crippen molar-refractivity contribution in [3.05, 3.63) is 34.9 Å². The molecular formula is C22H32ClN3O2. The van der Waals surface area contributed by atoms with Crippen LogP contribution < -0.4 is 5.32 Å². The van der Waals surface area contributed by atoms with Crippen molar-refractivity contribution < 1.29 is 9.59 Å². The zero-order valence-corrected chi connectivity index (χ0v) is 17.8. The van der Waals surface area contributed by atoms with Gasteiger partial charge in [-0.2, -0.15) is 0 Å². The molecule has 5 nitrogen and oxygen atoms in total. The molecule has 2 amide bonds. The number of carbonyl (C=O) groups is 2. The first-order valence-electron chi connectivity index (χ1n) is 10.4. The van der Waals surface area contributed by atoms with Gasteiger partial charge < -0.3 is 15.1 Å². The van der Waals surface area contributed by atoms with E-state index in [0.717, 1.165) is 55.6 Å². The van der Waals surface area contributed by atoms with E-state index in [0.29, 0.717) is 18.6 Å². The van der Waals surface area contributed by atoms with Crippen molar-refractivity contribution in [3.63, 3.8) is 0 Å². The largest absolute Gasteiger partial charge is 0.341 e. The van der Waals surface area contributed by atoms with E-state index in [1.165, 1.54) is 12.8 Å². The van der Waals surface area contributed by atoms with Crippen LogP contribution in [-0.2, 0) is 4.79 Å². The Hall–Kier alpha value is -1.59. The SMILES string of the molecule is Cc1cc(C)cc(C(=O)N2CCCC(C(=O)N3CCC4CCC(C3)N4)C2)c1.Cl. The van der Waals surface area contributed by atoms with Gasteiger partial charge in [-0.05, 0) is 58.1 Å². The Balaban J connectivity index is 0.00000225. The predicted molar refractivity (Wildman–Crippen MR) is 113 cm³/mol. The van der Waals surface area contributed by atoms with Gasteiger partial charge in [0.2, 0.25) is 5.91 Å². The van der Waals surface area contributed by atoms with Gasteiger partial charge in [0, 0.05) is 43.8 Å². The van der Waals surface area contributed by atoms with Crippen molar-refractivity contribution in [2.24, 2.45) is 5.92 Å². The van der Waals surface area contributed by atoms with Crippen molar-refractivity contribution in [1.82, 2.24) is 15.1 Å². The number of nitrogens with zero attached hydrogens (tertiary/aromatic N) is 2. The molecular weight excluding hydrogens is 374 g/mol. The zero-order chi connectivity index (χ0) is 19.0. The van der Waals surface area contributed by atoms with Crippen LogP contribution in [0.2, 0.25) is 0 Å². The first-order chi connectivity index (χ1) is 13.0. The summed E-state index contributed by atoms with van der Waals surface area (Å²) >= 11 is 0. The lowest BCUT2D eigenvalue weighted by molar-refractivity contribution is -0.137. The fourth-order valence-electron chi connectivity index (χ4n) is 5.05. The summed E-state index contributed by atoms with van der Waals surface area (Å²) in [6, 6.07) is 7.04. The summed E-state index contributed by atoms with van der Waals surface area (Å²) in [5, 5.41) is 3.64. The standard InChI is InChI=1S/C22H31N3O2.ClH/c1-15-10-16(2)12-18(11-15)22(27)24-8-3-4-17(13-24)21(26)25-9-7-19-5-6-20(14-25)23-19;/h10-12,17,19-20,23H,3-9,13-14H2,1-2H3;1H.